The van der Waals surface area contributed by atoms with Crippen LogP contribution >= 0.6 is 0 Å². The largest absolute Gasteiger partial charge is 0.489 e. The Kier molecular flexibility index (Phi) is 11.9. The lowest BCUT2D eigenvalue weighted by Gasteiger charge is -2.08. The van der Waals surface area contributed by atoms with Gasteiger partial charge in [0, 0.05) is 12.8 Å². The average molecular weight is 408 g/mol. The second kappa shape index (κ2) is 14.8. The highest BCUT2D eigenvalue weighted by atomic mass is 16.5. The summed E-state index contributed by atoms with van der Waals surface area (Å²) in [7, 11) is 0. The highest BCUT2D eigenvalue weighted by molar-refractivity contribution is 5.79. The molecule has 0 atom stereocenters. The summed E-state index contributed by atoms with van der Waals surface area (Å²) in [5, 5.41) is 0. The van der Waals surface area contributed by atoms with Crippen LogP contribution in [0, 0.1) is 13.8 Å². The van der Waals surface area contributed by atoms with Gasteiger partial charge in [0.2, 0.25) is 0 Å². The van der Waals surface area contributed by atoms with E-state index in [1.54, 1.807) is 0 Å². The van der Waals surface area contributed by atoms with Crippen LogP contribution < -0.4 is 4.74 Å². The van der Waals surface area contributed by atoms with Crippen molar-refractivity contribution in [3.05, 3.63) is 64.7 Å². The van der Waals surface area contributed by atoms with Crippen LogP contribution in [0.1, 0.15) is 93.4 Å². The van der Waals surface area contributed by atoms with Crippen LogP contribution in [0.5, 0.6) is 5.75 Å². The minimum atomic E-state index is 0.606. The van der Waals surface area contributed by atoms with Gasteiger partial charge in [-0.05, 0) is 55.7 Å². The topological polar surface area (TPSA) is 21.6 Å². The van der Waals surface area contributed by atoms with E-state index in [1.165, 1.54) is 80.9 Å². The Bertz CT molecular complexity index is 713. The molecule has 0 heterocycles. The zero-order chi connectivity index (χ0) is 21.4. The summed E-state index contributed by atoms with van der Waals surface area (Å²) in [6.07, 6.45) is 15.6. The SMILES string of the molecule is CCCCCCCCCCCC/N=C/c1ccc(OCc2cc(C)cc(C)c2)cc1. The van der Waals surface area contributed by atoms with Crippen LogP contribution in [-0.2, 0) is 6.61 Å². The van der Waals surface area contributed by atoms with Gasteiger partial charge in [0.25, 0.3) is 0 Å². The standard InChI is InChI=1S/C28H41NO/c1-4-5-6-7-8-9-10-11-12-13-18-29-22-26-14-16-28(17-15-26)30-23-27-20-24(2)19-25(3)21-27/h14-17,19-22H,4-13,18,23H2,1-3H3/b29-22+. The molecule has 0 saturated carbocycles. The molecule has 30 heavy (non-hydrogen) atoms. The average Bonchev–Trinajstić information content (AvgIpc) is 2.73. The van der Waals surface area contributed by atoms with Gasteiger partial charge in [0.05, 0.1) is 0 Å². The van der Waals surface area contributed by atoms with Crippen molar-refractivity contribution in [2.24, 2.45) is 4.99 Å². The summed E-state index contributed by atoms with van der Waals surface area (Å²) in [6.45, 7) is 8.07. The number of rotatable bonds is 15. The molecule has 0 saturated heterocycles. The van der Waals surface area contributed by atoms with E-state index in [4.69, 9.17) is 4.74 Å². The normalized spacial score (nSPS) is 11.3. The molecule has 0 aliphatic rings. The van der Waals surface area contributed by atoms with Crippen molar-refractivity contribution in [2.45, 2.75) is 91.6 Å². The number of unbranched alkanes of at least 4 members (excludes halogenated alkanes) is 9. The molecular formula is C28H41NO. The number of aryl methyl sites for hydroxylation is 2. The lowest BCUT2D eigenvalue weighted by Crippen LogP contribution is -1.97. The fourth-order valence-electron chi connectivity index (χ4n) is 3.83. The van der Waals surface area contributed by atoms with Gasteiger partial charge in [0.1, 0.15) is 12.4 Å². The van der Waals surface area contributed by atoms with Crippen molar-refractivity contribution >= 4 is 6.21 Å². The molecule has 0 unspecified atom stereocenters. The van der Waals surface area contributed by atoms with Crippen molar-refractivity contribution in [3.63, 3.8) is 0 Å². The minimum Gasteiger partial charge on any atom is -0.489 e. The van der Waals surface area contributed by atoms with Gasteiger partial charge in [0.15, 0.2) is 0 Å². The van der Waals surface area contributed by atoms with Gasteiger partial charge in [-0.1, -0.05) is 94.0 Å². The van der Waals surface area contributed by atoms with E-state index in [0.29, 0.717) is 6.61 Å². The van der Waals surface area contributed by atoms with Gasteiger partial charge >= 0.3 is 0 Å². The Morgan fingerprint density at radius 3 is 1.90 bits per heavy atom. The molecule has 164 valence electrons. The number of nitrogens with zero attached hydrogens (tertiary/aromatic N) is 1. The number of hydrogen-bond acceptors (Lipinski definition) is 2. The zero-order valence-corrected chi connectivity index (χ0v) is 19.5. The summed E-state index contributed by atoms with van der Waals surface area (Å²) in [4.78, 5) is 4.59. The summed E-state index contributed by atoms with van der Waals surface area (Å²) in [6, 6.07) is 14.8. The summed E-state index contributed by atoms with van der Waals surface area (Å²) in [5.74, 6) is 0.904. The zero-order valence-electron chi connectivity index (χ0n) is 19.5. The van der Waals surface area contributed by atoms with Crippen LogP contribution in [0.15, 0.2) is 47.5 Å². The smallest absolute Gasteiger partial charge is 0.119 e. The lowest BCUT2D eigenvalue weighted by molar-refractivity contribution is 0.306. The van der Waals surface area contributed by atoms with E-state index in [1.807, 2.05) is 18.3 Å². The fourth-order valence-corrected chi connectivity index (χ4v) is 3.83. The molecule has 0 bridgehead atoms. The molecular weight excluding hydrogens is 366 g/mol. The van der Waals surface area contributed by atoms with Crippen molar-refractivity contribution in [2.75, 3.05) is 6.54 Å². The first kappa shape index (κ1) is 24.2. The van der Waals surface area contributed by atoms with E-state index >= 15 is 0 Å². The van der Waals surface area contributed by atoms with E-state index < -0.39 is 0 Å². The lowest BCUT2D eigenvalue weighted by atomic mass is 10.1. The predicted molar refractivity (Wildman–Crippen MR) is 131 cm³/mol. The Hall–Kier alpha value is -2.09. The van der Waals surface area contributed by atoms with Crippen molar-refractivity contribution in [1.82, 2.24) is 0 Å². The van der Waals surface area contributed by atoms with Crippen LogP contribution in [0.2, 0.25) is 0 Å². The third-order valence-electron chi connectivity index (χ3n) is 5.45. The second-order valence-corrected chi connectivity index (χ2v) is 8.57. The maximum Gasteiger partial charge on any atom is 0.119 e. The van der Waals surface area contributed by atoms with E-state index in [0.717, 1.165) is 17.9 Å². The first-order valence-corrected chi connectivity index (χ1v) is 12.0. The fraction of sp³-hybridized carbons (Fsp3) is 0.536. The summed E-state index contributed by atoms with van der Waals surface area (Å²) in [5.41, 5.74) is 4.92. The quantitative estimate of drug-likeness (QED) is 0.215. The van der Waals surface area contributed by atoms with Crippen molar-refractivity contribution < 1.29 is 4.74 Å². The van der Waals surface area contributed by atoms with E-state index in [2.05, 4.69) is 56.1 Å². The molecule has 2 nitrogen and oxygen atoms in total. The highest BCUT2D eigenvalue weighted by Crippen LogP contribution is 2.16. The molecule has 0 fully saturated rings. The minimum absolute atomic E-state index is 0.606. The van der Waals surface area contributed by atoms with Gasteiger partial charge in [-0.3, -0.25) is 4.99 Å². The first-order chi connectivity index (χ1) is 14.7. The van der Waals surface area contributed by atoms with Crippen LogP contribution in [-0.4, -0.2) is 12.8 Å². The molecule has 2 heteroatoms. The summed E-state index contributed by atoms with van der Waals surface area (Å²) < 4.78 is 5.93. The molecule has 0 amide bonds. The Morgan fingerprint density at radius 1 is 0.733 bits per heavy atom. The maximum absolute atomic E-state index is 5.93. The molecule has 0 aliphatic heterocycles. The number of hydrogen-bond donors (Lipinski definition) is 0. The van der Waals surface area contributed by atoms with Gasteiger partial charge in [-0.25, -0.2) is 0 Å². The number of ether oxygens (including phenoxy) is 1. The molecule has 0 radical (unpaired) electrons. The maximum atomic E-state index is 5.93. The number of aliphatic imine (C=N–C) groups is 1. The van der Waals surface area contributed by atoms with Crippen LogP contribution in [0.4, 0.5) is 0 Å². The Labute approximate surface area is 184 Å². The molecule has 2 aromatic rings. The molecule has 2 rings (SSSR count). The Morgan fingerprint density at radius 2 is 1.30 bits per heavy atom. The van der Waals surface area contributed by atoms with Crippen molar-refractivity contribution in [3.8, 4) is 5.75 Å². The molecule has 0 aliphatic carbocycles. The van der Waals surface area contributed by atoms with Crippen molar-refractivity contribution in [1.29, 1.82) is 0 Å². The molecule has 0 spiro atoms. The van der Waals surface area contributed by atoms with Gasteiger partial charge in [-0.15, -0.1) is 0 Å². The molecule has 0 aromatic heterocycles. The molecule has 0 N–H and O–H groups in total. The Balaban J connectivity index is 1.56. The second-order valence-electron chi connectivity index (χ2n) is 8.57. The van der Waals surface area contributed by atoms with Gasteiger partial charge < -0.3 is 4.74 Å². The monoisotopic (exact) mass is 407 g/mol. The van der Waals surface area contributed by atoms with E-state index in [-0.39, 0.29) is 0 Å². The molecule has 2 aromatic carbocycles. The van der Waals surface area contributed by atoms with Gasteiger partial charge in [-0.2, -0.15) is 0 Å². The van der Waals surface area contributed by atoms with Crippen LogP contribution in [0.25, 0.3) is 0 Å². The summed E-state index contributed by atoms with van der Waals surface area (Å²) >= 11 is 0. The number of benzene rings is 2. The third kappa shape index (κ3) is 10.6. The van der Waals surface area contributed by atoms with Crippen LogP contribution in [0.3, 0.4) is 0 Å². The predicted octanol–water partition coefficient (Wildman–Crippen LogP) is 8.22. The first-order valence-electron chi connectivity index (χ1n) is 12.0. The third-order valence-corrected chi connectivity index (χ3v) is 5.45. The highest BCUT2D eigenvalue weighted by Gasteiger charge is 1.99. The van der Waals surface area contributed by atoms with E-state index in [9.17, 15) is 0 Å².